The van der Waals surface area contributed by atoms with Crippen LogP contribution in [0.5, 0.6) is 0 Å². The summed E-state index contributed by atoms with van der Waals surface area (Å²) in [5, 5.41) is 7.61. The minimum absolute atomic E-state index is 0. The molecule has 2 heterocycles. The van der Waals surface area contributed by atoms with Crippen LogP contribution in [0.1, 0.15) is 25.3 Å². The van der Waals surface area contributed by atoms with E-state index in [1.807, 2.05) is 17.9 Å². The van der Waals surface area contributed by atoms with Crippen molar-refractivity contribution in [3.63, 3.8) is 0 Å². The Balaban J connectivity index is 0.00000242. The SMILES string of the molecule is CCNC(=NCC1CCSCC1)N(C)Cc1cnn(C)c1.I. The average molecular weight is 437 g/mol. The number of hydrogen-bond donors (Lipinski definition) is 1. The van der Waals surface area contributed by atoms with Crippen molar-refractivity contribution in [2.24, 2.45) is 18.0 Å². The molecule has 0 bridgehead atoms. The van der Waals surface area contributed by atoms with Gasteiger partial charge in [-0.1, -0.05) is 0 Å². The predicted molar refractivity (Wildman–Crippen MR) is 106 cm³/mol. The topological polar surface area (TPSA) is 45.5 Å². The third-order valence-corrected chi connectivity index (χ3v) is 4.76. The first-order chi connectivity index (χ1) is 10.2. The highest BCUT2D eigenvalue weighted by molar-refractivity contribution is 14.0. The minimum Gasteiger partial charge on any atom is -0.357 e. The first-order valence-electron chi connectivity index (χ1n) is 7.73. The zero-order valence-corrected chi connectivity index (χ0v) is 16.9. The van der Waals surface area contributed by atoms with Crippen molar-refractivity contribution < 1.29 is 0 Å². The van der Waals surface area contributed by atoms with Crippen LogP contribution in [0.2, 0.25) is 0 Å². The van der Waals surface area contributed by atoms with E-state index in [2.05, 4.69) is 47.2 Å². The molecule has 1 aromatic rings. The van der Waals surface area contributed by atoms with Crippen LogP contribution in [0.15, 0.2) is 17.4 Å². The number of guanidine groups is 1. The Labute approximate surface area is 155 Å². The molecule has 0 aliphatic carbocycles. The number of aryl methyl sites for hydroxylation is 1. The molecule has 1 N–H and O–H groups in total. The van der Waals surface area contributed by atoms with Gasteiger partial charge in [-0.2, -0.15) is 16.9 Å². The van der Waals surface area contributed by atoms with Gasteiger partial charge >= 0.3 is 0 Å². The van der Waals surface area contributed by atoms with Gasteiger partial charge in [0.1, 0.15) is 0 Å². The maximum Gasteiger partial charge on any atom is 0.193 e. The van der Waals surface area contributed by atoms with Gasteiger partial charge < -0.3 is 10.2 Å². The van der Waals surface area contributed by atoms with E-state index in [0.29, 0.717) is 0 Å². The predicted octanol–water partition coefficient (Wildman–Crippen LogP) is 2.58. The molecule has 0 radical (unpaired) electrons. The van der Waals surface area contributed by atoms with Gasteiger partial charge in [-0.05, 0) is 37.2 Å². The summed E-state index contributed by atoms with van der Waals surface area (Å²) in [6, 6.07) is 0. The number of nitrogens with one attached hydrogen (secondary N) is 1. The maximum atomic E-state index is 4.84. The van der Waals surface area contributed by atoms with Crippen LogP contribution in [0.3, 0.4) is 0 Å². The maximum absolute atomic E-state index is 4.84. The summed E-state index contributed by atoms with van der Waals surface area (Å²) in [7, 11) is 4.04. The summed E-state index contributed by atoms with van der Waals surface area (Å²) in [5.74, 6) is 4.34. The van der Waals surface area contributed by atoms with Gasteiger partial charge in [-0.15, -0.1) is 24.0 Å². The van der Waals surface area contributed by atoms with Crippen LogP contribution >= 0.6 is 35.7 Å². The second kappa shape index (κ2) is 10.4. The number of halogens is 1. The number of rotatable bonds is 5. The van der Waals surface area contributed by atoms with E-state index >= 15 is 0 Å². The number of hydrogen-bond acceptors (Lipinski definition) is 3. The summed E-state index contributed by atoms with van der Waals surface area (Å²) >= 11 is 2.07. The Morgan fingerprint density at radius 2 is 2.23 bits per heavy atom. The Hall–Kier alpha value is -0.440. The minimum atomic E-state index is 0. The summed E-state index contributed by atoms with van der Waals surface area (Å²) in [4.78, 5) is 7.01. The van der Waals surface area contributed by atoms with Crippen LogP contribution in [-0.2, 0) is 13.6 Å². The van der Waals surface area contributed by atoms with Gasteiger partial charge in [-0.25, -0.2) is 0 Å². The zero-order valence-electron chi connectivity index (χ0n) is 13.8. The molecule has 0 unspecified atom stereocenters. The standard InChI is InChI=1S/C15H27N5S.HI/c1-4-16-15(17-9-13-5-7-21-8-6-13)19(2)11-14-10-18-20(3)12-14;/h10,12-13H,4-9,11H2,1-3H3,(H,16,17);1H. The fourth-order valence-electron chi connectivity index (χ4n) is 2.52. The molecule has 0 aromatic carbocycles. The number of aliphatic imine (C=N–C) groups is 1. The van der Waals surface area contributed by atoms with E-state index in [-0.39, 0.29) is 24.0 Å². The van der Waals surface area contributed by atoms with E-state index in [0.717, 1.165) is 31.5 Å². The first-order valence-corrected chi connectivity index (χ1v) is 8.89. The van der Waals surface area contributed by atoms with Gasteiger partial charge in [0.25, 0.3) is 0 Å². The van der Waals surface area contributed by atoms with E-state index in [4.69, 9.17) is 4.99 Å². The van der Waals surface area contributed by atoms with E-state index in [1.54, 1.807) is 0 Å². The monoisotopic (exact) mass is 437 g/mol. The second-order valence-electron chi connectivity index (χ2n) is 5.63. The lowest BCUT2D eigenvalue weighted by Crippen LogP contribution is -2.38. The third kappa shape index (κ3) is 6.36. The molecular formula is C15H28IN5S. The lowest BCUT2D eigenvalue weighted by Gasteiger charge is -2.24. The molecule has 1 aromatic heterocycles. The highest BCUT2D eigenvalue weighted by Crippen LogP contribution is 2.22. The Bertz CT molecular complexity index is 457. The van der Waals surface area contributed by atoms with Crippen molar-refractivity contribution in [2.75, 3.05) is 31.6 Å². The molecular weight excluding hydrogens is 409 g/mol. The highest BCUT2D eigenvalue weighted by Gasteiger charge is 2.14. The number of aromatic nitrogens is 2. The summed E-state index contributed by atoms with van der Waals surface area (Å²) in [6.45, 7) is 4.79. The molecule has 0 atom stereocenters. The molecule has 1 aliphatic rings. The molecule has 1 saturated heterocycles. The van der Waals surface area contributed by atoms with Crippen LogP contribution in [0.4, 0.5) is 0 Å². The molecule has 2 rings (SSSR count). The van der Waals surface area contributed by atoms with Gasteiger partial charge in [0.15, 0.2) is 5.96 Å². The van der Waals surface area contributed by atoms with Crippen LogP contribution < -0.4 is 5.32 Å². The number of thioether (sulfide) groups is 1. The second-order valence-corrected chi connectivity index (χ2v) is 6.85. The smallest absolute Gasteiger partial charge is 0.193 e. The molecule has 0 amide bonds. The molecule has 126 valence electrons. The Morgan fingerprint density at radius 3 is 2.82 bits per heavy atom. The van der Waals surface area contributed by atoms with Crippen molar-refractivity contribution in [3.8, 4) is 0 Å². The quantitative estimate of drug-likeness (QED) is 0.437. The summed E-state index contributed by atoms with van der Waals surface area (Å²) in [5.41, 5.74) is 1.21. The molecule has 22 heavy (non-hydrogen) atoms. The van der Waals surface area contributed by atoms with Crippen LogP contribution in [0.25, 0.3) is 0 Å². The fraction of sp³-hybridized carbons (Fsp3) is 0.733. The van der Waals surface area contributed by atoms with Crippen molar-refractivity contribution in [1.82, 2.24) is 20.0 Å². The van der Waals surface area contributed by atoms with E-state index in [1.165, 1.54) is 29.9 Å². The zero-order chi connectivity index (χ0) is 15.1. The van der Waals surface area contributed by atoms with E-state index in [9.17, 15) is 0 Å². The third-order valence-electron chi connectivity index (χ3n) is 3.71. The van der Waals surface area contributed by atoms with Crippen LogP contribution in [-0.4, -0.2) is 52.3 Å². The molecule has 1 aliphatic heterocycles. The molecule has 5 nitrogen and oxygen atoms in total. The van der Waals surface area contributed by atoms with Gasteiger partial charge in [-0.3, -0.25) is 9.67 Å². The lowest BCUT2D eigenvalue weighted by molar-refractivity contribution is 0.461. The lowest BCUT2D eigenvalue weighted by atomic mass is 10.0. The van der Waals surface area contributed by atoms with Crippen molar-refractivity contribution in [1.29, 1.82) is 0 Å². The Kier molecular flexibility index (Phi) is 9.23. The van der Waals surface area contributed by atoms with Crippen molar-refractivity contribution in [3.05, 3.63) is 18.0 Å². The molecule has 1 fully saturated rings. The van der Waals surface area contributed by atoms with Crippen LogP contribution in [0, 0.1) is 5.92 Å². The first kappa shape index (κ1) is 19.6. The van der Waals surface area contributed by atoms with Crippen molar-refractivity contribution >= 4 is 41.7 Å². The fourth-order valence-corrected chi connectivity index (χ4v) is 3.72. The average Bonchev–Trinajstić information content (AvgIpc) is 2.89. The Morgan fingerprint density at radius 1 is 1.50 bits per heavy atom. The largest absolute Gasteiger partial charge is 0.357 e. The molecule has 0 spiro atoms. The summed E-state index contributed by atoms with van der Waals surface area (Å²) < 4.78 is 1.84. The molecule has 7 heteroatoms. The van der Waals surface area contributed by atoms with Gasteiger partial charge in [0.2, 0.25) is 0 Å². The van der Waals surface area contributed by atoms with Gasteiger partial charge in [0.05, 0.1) is 6.20 Å². The highest BCUT2D eigenvalue weighted by atomic mass is 127. The van der Waals surface area contributed by atoms with Gasteiger partial charge in [0, 0.05) is 45.5 Å². The summed E-state index contributed by atoms with van der Waals surface area (Å²) in [6.07, 6.45) is 6.58. The van der Waals surface area contributed by atoms with Crippen molar-refractivity contribution in [2.45, 2.75) is 26.3 Å². The number of nitrogens with zero attached hydrogens (tertiary/aromatic N) is 4. The molecule has 0 saturated carbocycles. The van der Waals surface area contributed by atoms with E-state index < -0.39 is 0 Å². The normalized spacial score (nSPS) is 16.2.